The van der Waals surface area contributed by atoms with Crippen molar-refractivity contribution < 1.29 is 53.0 Å². The fourth-order valence-electron chi connectivity index (χ4n) is 1.80. The minimum Gasteiger partial charge on any atom is -0.389 e. The molecule has 0 radical (unpaired) electrons. The van der Waals surface area contributed by atoms with Gasteiger partial charge in [-0.15, -0.1) is 0 Å². The monoisotopic (exact) mass is 506 g/mol. The fraction of sp³-hybridized carbons (Fsp3) is 0.250. The molecule has 0 spiro atoms. The van der Waals surface area contributed by atoms with Gasteiger partial charge in [0.05, 0.1) is 0 Å². The van der Waals surface area contributed by atoms with Crippen LogP contribution >= 0.6 is 11.8 Å². The van der Waals surface area contributed by atoms with Crippen LogP contribution in [0.2, 0.25) is 0 Å². The molecule has 0 amide bonds. The molecular weight excluding hydrogens is 492 g/mol. The van der Waals surface area contributed by atoms with E-state index in [-0.39, 0.29) is 0 Å². The second-order valence-corrected chi connectivity index (χ2v) is 10.2. The summed E-state index contributed by atoms with van der Waals surface area (Å²) in [5, 5.41) is 7.95. The maximum absolute atomic E-state index is 13.1. The van der Waals surface area contributed by atoms with E-state index < -0.39 is 55.5 Å². The lowest BCUT2D eigenvalue weighted by Gasteiger charge is -2.15. The third-order valence-electron chi connectivity index (χ3n) is 3.39. The van der Waals surface area contributed by atoms with Gasteiger partial charge in [0.25, 0.3) is 0 Å². The molecule has 172 valence electrons. The smallest absolute Gasteiger partial charge is 0.389 e. The van der Waals surface area contributed by atoms with Crippen molar-refractivity contribution in [2.24, 2.45) is 0 Å². The number of hydrogen-bond donors (Lipinski definition) is 2. The summed E-state index contributed by atoms with van der Waals surface area (Å²) in [5.74, 6) is -0.840. The summed E-state index contributed by atoms with van der Waals surface area (Å²) in [6.45, 7) is -3.89. The highest BCUT2D eigenvalue weighted by atomic mass is 32.2. The molecule has 0 aromatic heterocycles. The molecular formula is C16H14F4O8S3. The summed E-state index contributed by atoms with van der Waals surface area (Å²) in [6, 6.07) is 9.71. The first-order chi connectivity index (χ1) is 14.2. The maximum atomic E-state index is 13.1. The van der Waals surface area contributed by atoms with Gasteiger partial charge in [-0.1, -0.05) is 11.8 Å². The number of aliphatic hydroxyl groups is 2. The molecule has 0 bridgehead atoms. The molecule has 31 heavy (non-hydrogen) atoms. The predicted molar refractivity (Wildman–Crippen MR) is 100 cm³/mol. The Kier molecular flexibility index (Phi) is 7.47. The van der Waals surface area contributed by atoms with Gasteiger partial charge in [0, 0.05) is 9.79 Å². The van der Waals surface area contributed by atoms with Gasteiger partial charge < -0.3 is 18.6 Å². The van der Waals surface area contributed by atoms with Crippen LogP contribution in [-0.4, -0.2) is 50.8 Å². The number of hydrogen-bond acceptors (Lipinski definition) is 9. The summed E-state index contributed by atoms with van der Waals surface area (Å²) in [4.78, 5) is 0.985. The highest BCUT2D eigenvalue weighted by molar-refractivity contribution is 7.99. The van der Waals surface area contributed by atoms with E-state index in [2.05, 4.69) is 8.37 Å². The molecule has 2 N–H and O–H groups in total. The van der Waals surface area contributed by atoms with E-state index >= 15 is 0 Å². The predicted octanol–water partition coefficient (Wildman–Crippen LogP) is 2.43. The Balaban J connectivity index is 2.06. The van der Waals surface area contributed by atoms with Crippen LogP contribution in [0.1, 0.15) is 0 Å². The SMILES string of the molecule is O=S(=O)(Oc1ccc(Sc2ccc(OS(=O)(=O)C(F)(F)CO)cc2)cc1)C(F)(F)CO. The zero-order chi connectivity index (χ0) is 23.5. The van der Waals surface area contributed by atoms with Crippen molar-refractivity contribution >= 4 is 32.0 Å². The Bertz CT molecular complexity index is 1010. The van der Waals surface area contributed by atoms with Crippen molar-refractivity contribution in [1.29, 1.82) is 0 Å². The van der Waals surface area contributed by atoms with Crippen molar-refractivity contribution in [1.82, 2.24) is 0 Å². The molecule has 0 aliphatic carbocycles. The average Bonchev–Trinajstić information content (AvgIpc) is 2.70. The van der Waals surface area contributed by atoms with Crippen LogP contribution < -0.4 is 8.37 Å². The number of benzene rings is 2. The molecule has 0 fully saturated rings. The Hall–Kier alpha value is -2.07. The van der Waals surface area contributed by atoms with Crippen molar-refractivity contribution in [2.45, 2.75) is 20.3 Å². The van der Waals surface area contributed by atoms with Crippen molar-refractivity contribution in [3.63, 3.8) is 0 Å². The molecule has 0 saturated heterocycles. The highest BCUT2D eigenvalue weighted by Gasteiger charge is 2.47. The highest BCUT2D eigenvalue weighted by Crippen LogP contribution is 2.32. The molecule has 0 atom stereocenters. The normalized spacial score (nSPS) is 13.1. The lowest BCUT2D eigenvalue weighted by atomic mass is 10.3. The van der Waals surface area contributed by atoms with Crippen LogP contribution in [0.15, 0.2) is 58.3 Å². The van der Waals surface area contributed by atoms with Gasteiger partial charge in [-0.2, -0.15) is 34.4 Å². The number of halogens is 4. The molecule has 0 aliphatic rings. The van der Waals surface area contributed by atoms with E-state index in [4.69, 9.17) is 10.2 Å². The van der Waals surface area contributed by atoms with Gasteiger partial charge in [0.15, 0.2) is 0 Å². The molecule has 0 saturated carbocycles. The van der Waals surface area contributed by atoms with Crippen molar-refractivity contribution in [3.05, 3.63) is 48.5 Å². The van der Waals surface area contributed by atoms with Gasteiger partial charge in [0.2, 0.25) is 0 Å². The first-order valence-electron chi connectivity index (χ1n) is 7.96. The zero-order valence-corrected chi connectivity index (χ0v) is 17.6. The maximum Gasteiger partial charge on any atom is 0.402 e. The molecule has 0 unspecified atom stereocenters. The van der Waals surface area contributed by atoms with Crippen molar-refractivity contribution in [2.75, 3.05) is 13.2 Å². The lowest BCUT2D eigenvalue weighted by molar-refractivity contribution is 0.0197. The van der Waals surface area contributed by atoms with Crippen LogP contribution in [0.5, 0.6) is 11.5 Å². The molecule has 8 nitrogen and oxygen atoms in total. The second kappa shape index (κ2) is 9.20. The van der Waals surface area contributed by atoms with Gasteiger partial charge in [-0.05, 0) is 48.5 Å². The third-order valence-corrected chi connectivity index (χ3v) is 6.96. The number of alkyl halides is 4. The van der Waals surface area contributed by atoms with Gasteiger partial charge in [-0.3, -0.25) is 0 Å². The third kappa shape index (κ3) is 6.00. The summed E-state index contributed by atoms with van der Waals surface area (Å²) in [7, 11) is -10.8. The zero-order valence-electron chi connectivity index (χ0n) is 15.1. The molecule has 2 aromatic carbocycles. The average molecular weight is 506 g/mol. The molecule has 0 aliphatic heterocycles. The van der Waals surface area contributed by atoms with E-state index in [1.54, 1.807) is 0 Å². The topological polar surface area (TPSA) is 127 Å². The molecule has 2 rings (SSSR count). The summed E-state index contributed by atoms with van der Waals surface area (Å²) < 4.78 is 107. The van der Waals surface area contributed by atoms with Gasteiger partial charge in [-0.25, -0.2) is 0 Å². The van der Waals surface area contributed by atoms with Gasteiger partial charge in [0.1, 0.15) is 24.7 Å². The van der Waals surface area contributed by atoms with Crippen molar-refractivity contribution in [3.8, 4) is 11.5 Å². The summed E-state index contributed by atoms with van der Waals surface area (Å²) >= 11 is 1.07. The van der Waals surface area contributed by atoms with Crippen LogP contribution in [-0.2, 0) is 20.2 Å². The first-order valence-corrected chi connectivity index (χ1v) is 11.6. The fourth-order valence-corrected chi connectivity index (χ4v) is 3.90. The van der Waals surface area contributed by atoms with Crippen LogP contribution in [0.25, 0.3) is 0 Å². The van der Waals surface area contributed by atoms with E-state index in [0.717, 1.165) is 36.0 Å². The molecule has 0 heterocycles. The van der Waals surface area contributed by atoms with E-state index in [0.29, 0.717) is 9.79 Å². The Labute approximate surface area is 178 Å². The minimum atomic E-state index is -5.39. The van der Waals surface area contributed by atoms with Gasteiger partial charge >= 0.3 is 30.7 Å². The van der Waals surface area contributed by atoms with E-state index in [9.17, 15) is 34.4 Å². The quantitative estimate of drug-likeness (QED) is 0.369. The largest absolute Gasteiger partial charge is 0.402 e. The first kappa shape index (κ1) is 25.2. The lowest BCUT2D eigenvalue weighted by Crippen LogP contribution is -2.36. The Morgan fingerprint density at radius 3 is 1.23 bits per heavy atom. The Morgan fingerprint density at radius 2 is 0.968 bits per heavy atom. The van der Waals surface area contributed by atoms with E-state index in [1.807, 2.05) is 0 Å². The molecule has 15 heteroatoms. The van der Waals surface area contributed by atoms with E-state index in [1.165, 1.54) is 24.3 Å². The summed E-state index contributed by atoms with van der Waals surface area (Å²) in [5.41, 5.74) is 0. The number of aliphatic hydroxyl groups excluding tert-OH is 2. The summed E-state index contributed by atoms with van der Waals surface area (Å²) in [6.07, 6.45) is 0. The standard InChI is InChI=1S/C16H14F4O8S3/c17-15(18,9-21)30(23,24)27-11-1-5-13(6-2-11)29-14-7-3-12(4-8-14)28-31(25,26)16(19,20)10-22/h1-8,21-22H,9-10H2. The van der Waals surface area contributed by atoms with Crippen LogP contribution in [0, 0.1) is 0 Å². The van der Waals surface area contributed by atoms with Crippen LogP contribution in [0.3, 0.4) is 0 Å². The van der Waals surface area contributed by atoms with Crippen LogP contribution in [0.4, 0.5) is 17.6 Å². The minimum absolute atomic E-state index is 0.420. The molecule has 2 aromatic rings. The second-order valence-electron chi connectivity index (χ2n) is 5.71. The number of rotatable bonds is 10. The Morgan fingerprint density at radius 1 is 0.677 bits per heavy atom.